The largest absolute Gasteiger partial charge is 0.310 e. The highest BCUT2D eigenvalue weighted by molar-refractivity contribution is 6.42. The van der Waals surface area contributed by atoms with Crippen LogP contribution >= 0.6 is 23.2 Å². The molecule has 0 heterocycles. The molecule has 3 heteroatoms. The summed E-state index contributed by atoms with van der Waals surface area (Å²) in [5.41, 5.74) is 1.60. The fourth-order valence-corrected chi connectivity index (χ4v) is 2.23. The van der Waals surface area contributed by atoms with Crippen LogP contribution in [0.1, 0.15) is 38.3 Å². The van der Waals surface area contributed by atoms with Gasteiger partial charge in [-0.05, 0) is 36.8 Å². The Kier molecular flexibility index (Phi) is 3.48. The van der Waals surface area contributed by atoms with Gasteiger partial charge in [-0.1, -0.05) is 42.3 Å². The molecule has 1 nitrogen and oxygen atoms in total. The maximum atomic E-state index is 6.18. The number of hydrogen-bond donors (Lipinski definition) is 1. The van der Waals surface area contributed by atoms with Crippen LogP contribution in [-0.4, -0.2) is 6.54 Å². The molecule has 1 aromatic carbocycles. The maximum Gasteiger partial charge on any atom is 0.0639 e. The van der Waals surface area contributed by atoms with Gasteiger partial charge < -0.3 is 5.32 Å². The lowest BCUT2D eigenvalue weighted by Gasteiger charge is -2.18. The summed E-state index contributed by atoms with van der Waals surface area (Å²) in [7, 11) is 0. The molecule has 1 aromatic rings. The van der Waals surface area contributed by atoms with Crippen LogP contribution in [0.25, 0.3) is 0 Å². The van der Waals surface area contributed by atoms with Crippen LogP contribution in [-0.2, 0) is 0 Å². The number of halogens is 2. The Labute approximate surface area is 107 Å². The molecule has 0 aliphatic heterocycles. The molecule has 1 aliphatic carbocycles. The minimum Gasteiger partial charge on any atom is -0.310 e. The normalized spacial score (nSPS) is 19.5. The number of rotatable bonds is 4. The van der Waals surface area contributed by atoms with Crippen LogP contribution in [0.15, 0.2) is 18.2 Å². The highest BCUT2D eigenvalue weighted by Gasteiger charge is 2.37. The summed E-state index contributed by atoms with van der Waals surface area (Å²) in [6, 6.07) is 6.05. The van der Waals surface area contributed by atoms with Gasteiger partial charge in [0.15, 0.2) is 0 Å². The maximum absolute atomic E-state index is 6.18. The minimum atomic E-state index is 0.253. The summed E-state index contributed by atoms with van der Waals surface area (Å²) in [5, 5.41) is 4.83. The lowest BCUT2D eigenvalue weighted by molar-refractivity contribution is 0.457. The van der Waals surface area contributed by atoms with Gasteiger partial charge in [-0.15, -0.1) is 0 Å². The third-order valence-electron chi connectivity index (χ3n) is 3.39. The Hall–Kier alpha value is -0.240. The van der Waals surface area contributed by atoms with Crippen LogP contribution < -0.4 is 5.32 Å². The lowest BCUT2D eigenvalue weighted by atomic mass is 10.1. The molecule has 0 spiro atoms. The first kappa shape index (κ1) is 12.2. The van der Waals surface area contributed by atoms with Crippen molar-refractivity contribution in [3.63, 3.8) is 0 Å². The second kappa shape index (κ2) is 4.56. The summed E-state index contributed by atoms with van der Waals surface area (Å²) in [6.45, 7) is 5.49. The first-order valence-corrected chi connectivity index (χ1v) is 6.45. The molecule has 0 amide bonds. The van der Waals surface area contributed by atoms with Crippen molar-refractivity contribution in [2.24, 2.45) is 5.41 Å². The molecule has 0 saturated heterocycles. The zero-order chi connectivity index (χ0) is 11.8. The van der Waals surface area contributed by atoms with Crippen LogP contribution in [0.5, 0.6) is 0 Å². The molecule has 16 heavy (non-hydrogen) atoms. The summed E-state index contributed by atoms with van der Waals surface area (Å²) in [4.78, 5) is 0. The molecule has 1 atom stereocenters. The van der Waals surface area contributed by atoms with E-state index >= 15 is 0 Å². The van der Waals surface area contributed by atoms with Crippen LogP contribution in [0.2, 0.25) is 10.0 Å². The van der Waals surface area contributed by atoms with Crippen LogP contribution in [0, 0.1) is 5.41 Å². The van der Waals surface area contributed by atoms with Crippen molar-refractivity contribution in [3.8, 4) is 0 Å². The molecule has 1 N–H and O–H groups in total. The van der Waals surface area contributed by atoms with Crippen molar-refractivity contribution < 1.29 is 0 Å². The van der Waals surface area contributed by atoms with Gasteiger partial charge >= 0.3 is 0 Å². The Morgan fingerprint density at radius 3 is 2.69 bits per heavy atom. The van der Waals surface area contributed by atoms with Crippen molar-refractivity contribution in [2.45, 2.75) is 32.7 Å². The highest BCUT2D eigenvalue weighted by Crippen LogP contribution is 2.44. The zero-order valence-corrected chi connectivity index (χ0v) is 11.2. The Bertz CT molecular complexity index is 386. The summed E-state index contributed by atoms with van der Waals surface area (Å²) in [6.07, 6.45) is 2.66. The van der Waals surface area contributed by atoms with E-state index in [9.17, 15) is 0 Å². The van der Waals surface area contributed by atoms with Gasteiger partial charge in [0.1, 0.15) is 0 Å². The molecule has 1 unspecified atom stereocenters. The van der Waals surface area contributed by atoms with Crippen molar-refractivity contribution in [1.82, 2.24) is 5.32 Å². The molecule has 88 valence electrons. The van der Waals surface area contributed by atoms with E-state index in [4.69, 9.17) is 23.2 Å². The molecule has 0 aromatic heterocycles. The van der Waals surface area contributed by atoms with Gasteiger partial charge in [0.05, 0.1) is 10.0 Å². The molecule has 1 aliphatic rings. The van der Waals surface area contributed by atoms with E-state index in [1.165, 1.54) is 12.8 Å². The van der Waals surface area contributed by atoms with Crippen LogP contribution in [0.4, 0.5) is 0 Å². The van der Waals surface area contributed by atoms with Gasteiger partial charge in [-0.3, -0.25) is 0 Å². The fraction of sp³-hybridized carbons (Fsp3) is 0.538. The van der Waals surface area contributed by atoms with E-state index in [1.54, 1.807) is 0 Å². The van der Waals surface area contributed by atoms with E-state index in [2.05, 4.69) is 19.2 Å². The molecule has 0 radical (unpaired) electrons. The van der Waals surface area contributed by atoms with Crippen molar-refractivity contribution in [2.75, 3.05) is 6.54 Å². The summed E-state index contributed by atoms with van der Waals surface area (Å²) in [5.74, 6) is 0. The predicted octanol–water partition coefficient (Wildman–Crippen LogP) is 4.44. The number of nitrogens with one attached hydrogen (secondary N) is 1. The Morgan fingerprint density at radius 2 is 2.06 bits per heavy atom. The third kappa shape index (κ3) is 2.71. The van der Waals surface area contributed by atoms with Gasteiger partial charge in [0.2, 0.25) is 0 Å². The SMILES string of the molecule is CC(NCC1(C)CC1)c1cccc(Cl)c1Cl. The smallest absolute Gasteiger partial charge is 0.0639 e. The standard InChI is InChI=1S/C13H17Cl2N/c1-9(16-8-13(2)6-7-13)10-4-3-5-11(14)12(10)15/h3-5,9,16H,6-8H2,1-2H3. The summed E-state index contributed by atoms with van der Waals surface area (Å²) < 4.78 is 0. The lowest BCUT2D eigenvalue weighted by Crippen LogP contribution is -2.25. The van der Waals surface area contributed by atoms with Gasteiger partial charge in [0, 0.05) is 12.6 Å². The Morgan fingerprint density at radius 1 is 1.38 bits per heavy atom. The molecule has 2 rings (SSSR count). The van der Waals surface area contributed by atoms with Gasteiger partial charge in [0.25, 0.3) is 0 Å². The number of benzene rings is 1. The van der Waals surface area contributed by atoms with Crippen molar-refractivity contribution >= 4 is 23.2 Å². The van der Waals surface area contributed by atoms with E-state index in [-0.39, 0.29) is 6.04 Å². The monoisotopic (exact) mass is 257 g/mol. The molecular weight excluding hydrogens is 241 g/mol. The second-order valence-electron chi connectivity index (χ2n) is 5.06. The average molecular weight is 258 g/mol. The van der Waals surface area contributed by atoms with Crippen molar-refractivity contribution in [3.05, 3.63) is 33.8 Å². The van der Waals surface area contributed by atoms with Crippen molar-refractivity contribution in [1.29, 1.82) is 0 Å². The highest BCUT2D eigenvalue weighted by atomic mass is 35.5. The molecular formula is C13H17Cl2N. The molecule has 1 fully saturated rings. The van der Waals surface area contributed by atoms with Gasteiger partial charge in [-0.2, -0.15) is 0 Å². The zero-order valence-electron chi connectivity index (χ0n) is 9.69. The third-order valence-corrected chi connectivity index (χ3v) is 4.22. The first-order chi connectivity index (χ1) is 7.52. The van der Waals surface area contributed by atoms with E-state index in [0.717, 1.165) is 12.1 Å². The molecule has 0 bridgehead atoms. The average Bonchev–Trinajstić information content (AvgIpc) is 2.98. The number of hydrogen-bond acceptors (Lipinski definition) is 1. The quantitative estimate of drug-likeness (QED) is 0.841. The molecule has 1 saturated carbocycles. The second-order valence-corrected chi connectivity index (χ2v) is 5.84. The fourth-order valence-electron chi connectivity index (χ4n) is 1.75. The minimum absolute atomic E-state index is 0.253. The topological polar surface area (TPSA) is 12.0 Å². The summed E-state index contributed by atoms with van der Waals surface area (Å²) >= 11 is 12.2. The van der Waals surface area contributed by atoms with Gasteiger partial charge in [-0.25, -0.2) is 0 Å². The van der Waals surface area contributed by atoms with E-state index < -0.39 is 0 Å². The Balaban J connectivity index is 2.02. The van der Waals surface area contributed by atoms with Crippen LogP contribution in [0.3, 0.4) is 0 Å². The first-order valence-electron chi connectivity index (χ1n) is 5.69. The van der Waals surface area contributed by atoms with E-state index in [1.807, 2.05) is 18.2 Å². The van der Waals surface area contributed by atoms with E-state index in [0.29, 0.717) is 15.5 Å². The predicted molar refractivity (Wildman–Crippen MR) is 70.2 cm³/mol.